The first-order valence-corrected chi connectivity index (χ1v) is 5.91. The van der Waals surface area contributed by atoms with Crippen LogP contribution in [0.3, 0.4) is 0 Å². The van der Waals surface area contributed by atoms with E-state index in [2.05, 4.69) is 26.6 Å². The Kier molecular flexibility index (Phi) is 3.49. The van der Waals surface area contributed by atoms with Crippen molar-refractivity contribution in [1.29, 1.82) is 0 Å². The summed E-state index contributed by atoms with van der Waals surface area (Å²) in [7, 11) is 1.58. The number of anilines is 1. The monoisotopic (exact) mass is 293 g/mol. The molecule has 2 N–H and O–H groups in total. The second kappa shape index (κ2) is 5.05. The molecule has 1 heterocycles. The molecule has 0 fully saturated rings. The van der Waals surface area contributed by atoms with Crippen LogP contribution < -0.4 is 10.6 Å². The molecule has 0 saturated carbocycles. The Morgan fingerprint density at radius 2 is 2.18 bits per heavy atom. The number of aromatic nitrogens is 1. The van der Waals surface area contributed by atoms with Crippen LogP contribution in [0.2, 0.25) is 0 Å². The summed E-state index contributed by atoms with van der Waals surface area (Å²) in [6.07, 6.45) is 3.75. The molecule has 17 heavy (non-hydrogen) atoms. The van der Waals surface area contributed by atoms with Gasteiger partial charge in [-0.05, 0) is 24.3 Å². The first kappa shape index (κ1) is 11.7. The van der Waals surface area contributed by atoms with Crippen LogP contribution in [0, 0.1) is 0 Å². The Morgan fingerprint density at radius 1 is 1.35 bits per heavy atom. The van der Waals surface area contributed by atoms with Crippen LogP contribution >= 0.6 is 15.9 Å². The molecular formula is C12H12BrN3O. The summed E-state index contributed by atoms with van der Waals surface area (Å²) >= 11 is 3.42. The van der Waals surface area contributed by atoms with Gasteiger partial charge in [-0.3, -0.25) is 0 Å². The minimum Gasteiger partial charge on any atom is -0.341 e. The molecule has 0 atom stereocenters. The van der Waals surface area contributed by atoms with E-state index in [-0.39, 0.29) is 6.03 Å². The molecule has 0 radical (unpaired) electrons. The zero-order chi connectivity index (χ0) is 12.3. The van der Waals surface area contributed by atoms with Gasteiger partial charge < -0.3 is 15.2 Å². The number of rotatable bonds is 2. The van der Waals surface area contributed by atoms with E-state index in [4.69, 9.17) is 0 Å². The summed E-state index contributed by atoms with van der Waals surface area (Å²) in [6.45, 7) is 0. The Labute approximate surface area is 108 Å². The third-order valence-electron chi connectivity index (χ3n) is 2.28. The lowest BCUT2D eigenvalue weighted by molar-refractivity contribution is 0.254. The Balaban J connectivity index is 2.21. The van der Waals surface area contributed by atoms with Gasteiger partial charge in [-0.15, -0.1) is 0 Å². The quantitative estimate of drug-likeness (QED) is 0.878. The molecule has 2 aromatic rings. The standard InChI is InChI=1S/C12H12BrN3O/c1-14-12(17)15-10-5-6-16(8-10)11-4-2-3-9(13)7-11/h2-8H,1H3,(H2,14,15,17). The fourth-order valence-corrected chi connectivity index (χ4v) is 1.85. The molecule has 5 heteroatoms. The summed E-state index contributed by atoms with van der Waals surface area (Å²) in [5.74, 6) is 0. The van der Waals surface area contributed by atoms with Crippen molar-refractivity contribution in [1.82, 2.24) is 9.88 Å². The van der Waals surface area contributed by atoms with E-state index in [1.54, 1.807) is 7.05 Å². The van der Waals surface area contributed by atoms with E-state index in [9.17, 15) is 4.79 Å². The molecule has 0 aliphatic heterocycles. The van der Waals surface area contributed by atoms with Crippen LogP contribution in [0.1, 0.15) is 0 Å². The van der Waals surface area contributed by atoms with Gasteiger partial charge in [-0.2, -0.15) is 0 Å². The van der Waals surface area contributed by atoms with Crippen molar-refractivity contribution in [3.05, 3.63) is 47.2 Å². The summed E-state index contributed by atoms with van der Waals surface area (Å²) in [5.41, 5.74) is 1.79. The number of halogens is 1. The van der Waals surface area contributed by atoms with Gasteiger partial charge in [-0.1, -0.05) is 22.0 Å². The van der Waals surface area contributed by atoms with Crippen LogP contribution in [0.15, 0.2) is 47.2 Å². The van der Waals surface area contributed by atoms with Crippen molar-refractivity contribution in [2.24, 2.45) is 0 Å². The van der Waals surface area contributed by atoms with E-state index >= 15 is 0 Å². The number of carbonyl (C=O) groups excluding carboxylic acids is 1. The van der Waals surface area contributed by atoms with Crippen LogP contribution in [-0.2, 0) is 0 Å². The first-order valence-electron chi connectivity index (χ1n) is 5.12. The fourth-order valence-electron chi connectivity index (χ4n) is 1.46. The van der Waals surface area contributed by atoms with Gasteiger partial charge in [0.2, 0.25) is 0 Å². The highest BCUT2D eigenvalue weighted by molar-refractivity contribution is 9.10. The molecule has 2 rings (SSSR count). The number of benzene rings is 1. The summed E-state index contributed by atoms with van der Waals surface area (Å²) in [4.78, 5) is 11.1. The smallest absolute Gasteiger partial charge is 0.319 e. The topological polar surface area (TPSA) is 46.1 Å². The van der Waals surface area contributed by atoms with Gasteiger partial charge in [0, 0.05) is 29.6 Å². The molecule has 1 aromatic carbocycles. The Bertz CT molecular complexity index is 536. The van der Waals surface area contributed by atoms with Crippen LogP contribution in [0.25, 0.3) is 5.69 Å². The predicted octanol–water partition coefficient (Wildman–Crippen LogP) is 2.99. The van der Waals surface area contributed by atoms with Crippen molar-refractivity contribution in [3.63, 3.8) is 0 Å². The molecule has 0 aliphatic carbocycles. The maximum atomic E-state index is 11.1. The second-order valence-corrected chi connectivity index (χ2v) is 4.41. The molecule has 0 saturated heterocycles. The maximum absolute atomic E-state index is 11.1. The summed E-state index contributed by atoms with van der Waals surface area (Å²) < 4.78 is 2.96. The van der Waals surface area contributed by atoms with Gasteiger partial charge in [0.1, 0.15) is 0 Å². The van der Waals surface area contributed by atoms with Crippen molar-refractivity contribution in [3.8, 4) is 5.69 Å². The Hall–Kier alpha value is -1.75. The third-order valence-corrected chi connectivity index (χ3v) is 2.78. The minimum atomic E-state index is -0.225. The largest absolute Gasteiger partial charge is 0.341 e. The van der Waals surface area contributed by atoms with E-state index < -0.39 is 0 Å². The number of hydrogen-bond acceptors (Lipinski definition) is 1. The lowest BCUT2D eigenvalue weighted by Crippen LogP contribution is -2.24. The highest BCUT2D eigenvalue weighted by atomic mass is 79.9. The number of hydrogen-bond donors (Lipinski definition) is 2. The molecule has 88 valence electrons. The second-order valence-electron chi connectivity index (χ2n) is 3.49. The van der Waals surface area contributed by atoms with Crippen molar-refractivity contribution in [2.45, 2.75) is 0 Å². The van der Waals surface area contributed by atoms with E-state index in [1.807, 2.05) is 47.3 Å². The van der Waals surface area contributed by atoms with Gasteiger partial charge in [0.25, 0.3) is 0 Å². The number of amides is 2. The number of urea groups is 1. The van der Waals surface area contributed by atoms with Crippen molar-refractivity contribution < 1.29 is 4.79 Å². The first-order chi connectivity index (χ1) is 8.19. The average Bonchev–Trinajstić information content (AvgIpc) is 2.77. The fraction of sp³-hybridized carbons (Fsp3) is 0.0833. The lowest BCUT2D eigenvalue weighted by atomic mass is 10.3. The summed E-state index contributed by atoms with van der Waals surface area (Å²) in [5, 5.41) is 5.22. The molecule has 4 nitrogen and oxygen atoms in total. The predicted molar refractivity (Wildman–Crippen MR) is 71.5 cm³/mol. The molecule has 2 amide bonds. The average molecular weight is 294 g/mol. The summed E-state index contributed by atoms with van der Waals surface area (Å²) in [6, 6.07) is 9.55. The van der Waals surface area contributed by atoms with Gasteiger partial charge >= 0.3 is 6.03 Å². The highest BCUT2D eigenvalue weighted by Crippen LogP contribution is 2.18. The van der Waals surface area contributed by atoms with E-state index in [1.165, 1.54) is 0 Å². The Morgan fingerprint density at radius 3 is 2.88 bits per heavy atom. The molecule has 0 spiro atoms. The lowest BCUT2D eigenvalue weighted by Gasteiger charge is -2.03. The zero-order valence-corrected chi connectivity index (χ0v) is 10.9. The van der Waals surface area contributed by atoms with Gasteiger partial charge in [-0.25, -0.2) is 4.79 Å². The van der Waals surface area contributed by atoms with Crippen LogP contribution in [-0.4, -0.2) is 17.6 Å². The van der Waals surface area contributed by atoms with E-state index in [0.717, 1.165) is 15.8 Å². The zero-order valence-electron chi connectivity index (χ0n) is 9.27. The third kappa shape index (κ3) is 2.88. The minimum absolute atomic E-state index is 0.225. The molecule has 1 aromatic heterocycles. The SMILES string of the molecule is CNC(=O)Nc1ccn(-c2cccc(Br)c2)c1. The van der Waals surface area contributed by atoms with E-state index in [0.29, 0.717) is 0 Å². The normalized spacial score (nSPS) is 10.0. The van der Waals surface area contributed by atoms with Crippen LogP contribution in [0.4, 0.5) is 10.5 Å². The van der Waals surface area contributed by atoms with Crippen molar-refractivity contribution in [2.75, 3.05) is 12.4 Å². The van der Waals surface area contributed by atoms with Gasteiger partial charge in [0.15, 0.2) is 0 Å². The number of nitrogens with one attached hydrogen (secondary N) is 2. The van der Waals surface area contributed by atoms with Crippen LogP contribution in [0.5, 0.6) is 0 Å². The maximum Gasteiger partial charge on any atom is 0.319 e. The molecular weight excluding hydrogens is 282 g/mol. The molecule has 0 unspecified atom stereocenters. The van der Waals surface area contributed by atoms with Crippen molar-refractivity contribution >= 4 is 27.6 Å². The number of carbonyl (C=O) groups is 1. The molecule has 0 aliphatic rings. The van der Waals surface area contributed by atoms with Gasteiger partial charge in [0.05, 0.1) is 5.69 Å². The highest BCUT2D eigenvalue weighted by Gasteiger charge is 2.02. The molecule has 0 bridgehead atoms. The number of nitrogens with zero attached hydrogens (tertiary/aromatic N) is 1.